The van der Waals surface area contributed by atoms with Crippen molar-refractivity contribution >= 4 is 17.3 Å². The zero-order valence-electron chi connectivity index (χ0n) is 8.92. The second kappa shape index (κ2) is 4.47. The molecule has 2 rings (SSSR count). The van der Waals surface area contributed by atoms with Gasteiger partial charge >= 0.3 is 5.69 Å². The number of hydrogen-bond acceptors (Lipinski definition) is 4. The zero-order valence-corrected chi connectivity index (χ0v) is 9.68. The topological polar surface area (TPSA) is 68.9 Å². The Morgan fingerprint density at radius 1 is 1.35 bits per heavy atom. The molecule has 6 heteroatoms. The average molecular weight is 250 g/mol. The van der Waals surface area contributed by atoms with Gasteiger partial charge in [0.2, 0.25) is 5.15 Å². The second-order valence-corrected chi connectivity index (χ2v) is 3.85. The Labute approximate surface area is 102 Å². The van der Waals surface area contributed by atoms with Crippen molar-refractivity contribution in [3.8, 4) is 11.3 Å². The van der Waals surface area contributed by atoms with Gasteiger partial charge in [0.15, 0.2) is 5.69 Å². The molecule has 0 saturated carbocycles. The predicted molar refractivity (Wildman–Crippen MR) is 63.9 cm³/mol. The van der Waals surface area contributed by atoms with Crippen LogP contribution in [0, 0.1) is 17.0 Å². The van der Waals surface area contributed by atoms with E-state index in [1.54, 1.807) is 6.07 Å². The maximum Gasteiger partial charge on any atom is 0.332 e. The molecule has 1 aromatic carbocycles. The van der Waals surface area contributed by atoms with E-state index in [4.69, 9.17) is 11.6 Å². The number of nitro groups is 1. The van der Waals surface area contributed by atoms with Crippen LogP contribution in [0.15, 0.2) is 30.6 Å². The number of hydrogen-bond donors (Lipinski definition) is 0. The maximum absolute atomic E-state index is 10.9. The van der Waals surface area contributed by atoms with Crippen LogP contribution in [-0.4, -0.2) is 14.9 Å². The molecule has 0 aliphatic carbocycles. The fraction of sp³-hybridized carbons (Fsp3) is 0.0909. The van der Waals surface area contributed by atoms with Crippen molar-refractivity contribution in [2.75, 3.05) is 0 Å². The summed E-state index contributed by atoms with van der Waals surface area (Å²) in [5, 5.41) is 10.8. The molecule has 1 heterocycles. The summed E-state index contributed by atoms with van der Waals surface area (Å²) < 4.78 is 0. The second-order valence-electron chi connectivity index (χ2n) is 3.49. The molecule has 0 fully saturated rings. The van der Waals surface area contributed by atoms with Gasteiger partial charge in [-0.2, -0.15) is 0 Å². The molecule has 5 nitrogen and oxygen atoms in total. The highest BCUT2D eigenvalue weighted by Gasteiger charge is 2.22. The first-order valence-electron chi connectivity index (χ1n) is 4.81. The summed E-state index contributed by atoms with van der Waals surface area (Å²) in [6, 6.07) is 7.27. The molecule has 17 heavy (non-hydrogen) atoms. The lowest BCUT2D eigenvalue weighted by molar-refractivity contribution is -0.384. The van der Waals surface area contributed by atoms with Crippen molar-refractivity contribution in [1.82, 2.24) is 9.97 Å². The van der Waals surface area contributed by atoms with Gasteiger partial charge in [0.25, 0.3) is 0 Å². The summed E-state index contributed by atoms with van der Waals surface area (Å²) in [4.78, 5) is 17.9. The molecule has 0 radical (unpaired) electrons. The first-order chi connectivity index (χ1) is 8.09. The van der Waals surface area contributed by atoms with Crippen molar-refractivity contribution in [2.24, 2.45) is 0 Å². The van der Waals surface area contributed by atoms with Crippen LogP contribution in [0.25, 0.3) is 11.3 Å². The average Bonchev–Trinajstić information content (AvgIpc) is 2.28. The Balaban J connectivity index is 2.67. The largest absolute Gasteiger partial charge is 0.332 e. The molecule has 2 aromatic rings. The minimum absolute atomic E-state index is 0.151. The fourth-order valence-electron chi connectivity index (χ4n) is 1.52. The Kier molecular flexibility index (Phi) is 3.01. The van der Waals surface area contributed by atoms with E-state index in [0.717, 1.165) is 5.56 Å². The van der Waals surface area contributed by atoms with Gasteiger partial charge in [-0.25, -0.2) is 9.97 Å². The maximum atomic E-state index is 10.9. The van der Waals surface area contributed by atoms with Crippen molar-refractivity contribution < 1.29 is 4.92 Å². The molecule has 0 spiro atoms. The minimum atomic E-state index is -0.569. The number of aromatic nitrogens is 2. The zero-order chi connectivity index (χ0) is 12.4. The van der Waals surface area contributed by atoms with Crippen LogP contribution < -0.4 is 0 Å². The van der Waals surface area contributed by atoms with E-state index >= 15 is 0 Å². The minimum Gasteiger partial charge on any atom is -0.258 e. The van der Waals surface area contributed by atoms with Gasteiger partial charge in [0.05, 0.1) is 4.92 Å². The van der Waals surface area contributed by atoms with E-state index in [0.29, 0.717) is 5.56 Å². The Bertz CT molecular complexity index is 587. The molecule has 0 N–H and O–H groups in total. The van der Waals surface area contributed by atoms with E-state index in [-0.39, 0.29) is 16.5 Å². The molecule has 1 aromatic heterocycles. The normalized spacial score (nSPS) is 10.2. The summed E-state index contributed by atoms with van der Waals surface area (Å²) in [5.74, 6) is 0. The van der Waals surface area contributed by atoms with Gasteiger partial charge in [0, 0.05) is 5.56 Å². The van der Waals surface area contributed by atoms with Crippen LogP contribution >= 0.6 is 11.6 Å². The number of rotatable bonds is 2. The van der Waals surface area contributed by atoms with E-state index < -0.39 is 4.92 Å². The van der Waals surface area contributed by atoms with Gasteiger partial charge in [-0.1, -0.05) is 35.4 Å². The lowest BCUT2D eigenvalue weighted by Gasteiger charge is -2.03. The molecule has 86 valence electrons. The summed E-state index contributed by atoms with van der Waals surface area (Å²) in [6.45, 7) is 1.90. The molecular weight excluding hydrogens is 242 g/mol. The molecule has 0 unspecified atom stereocenters. The predicted octanol–water partition coefficient (Wildman–Crippen LogP) is 3.01. The smallest absolute Gasteiger partial charge is 0.258 e. The van der Waals surface area contributed by atoms with Crippen LogP contribution in [0.3, 0.4) is 0 Å². The van der Waals surface area contributed by atoms with Crippen molar-refractivity contribution in [2.45, 2.75) is 6.92 Å². The Morgan fingerprint density at radius 2 is 2.12 bits per heavy atom. The van der Waals surface area contributed by atoms with Gasteiger partial charge < -0.3 is 0 Å². The molecule has 0 saturated heterocycles. The first kappa shape index (κ1) is 11.5. The fourth-order valence-corrected chi connectivity index (χ4v) is 1.72. The van der Waals surface area contributed by atoms with Crippen LogP contribution in [-0.2, 0) is 0 Å². The third kappa shape index (κ3) is 2.24. The first-order valence-corrected chi connectivity index (χ1v) is 5.19. The van der Waals surface area contributed by atoms with Crippen LogP contribution in [0.2, 0.25) is 5.15 Å². The van der Waals surface area contributed by atoms with Crippen LogP contribution in [0.4, 0.5) is 5.69 Å². The summed E-state index contributed by atoms with van der Waals surface area (Å²) >= 11 is 5.72. The standard InChI is InChI=1S/C11H8ClN3O2/c1-7-3-2-4-8(5-7)9-10(15(16)17)11(12)14-6-13-9/h2-6H,1H3. The summed E-state index contributed by atoms with van der Waals surface area (Å²) in [6.07, 6.45) is 1.22. The van der Waals surface area contributed by atoms with Crippen molar-refractivity contribution in [3.63, 3.8) is 0 Å². The van der Waals surface area contributed by atoms with Crippen molar-refractivity contribution in [3.05, 3.63) is 51.4 Å². The van der Waals surface area contributed by atoms with Gasteiger partial charge in [0.1, 0.15) is 6.33 Å². The van der Waals surface area contributed by atoms with Gasteiger partial charge in [-0.3, -0.25) is 10.1 Å². The number of nitrogens with zero attached hydrogens (tertiary/aromatic N) is 3. The van der Waals surface area contributed by atoms with E-state index in [2.05, 4.69) is 9.97 Å². The summed E-state index contributed by atoms with van der Waals surface area (Å²) in [7, 11) is 0. The van der Waals surface area contributed by atoms with E-state index in [1.807, 2.05) is 25.1 Å². The van der Waals surface area contributed by atoms with Gasteiger partial charge in [-0.05, 0) is 13.0 Å². The molecule has 0 amide bonds. The molecule has 0 aliphatic heterocycles. The molecule has 0 bridgehead atoms. The summed E-state index contributed by atoms with van der Waals surface area (Å²) in [5.41, 5.74) is 1.62. The monoisotopic (exact) mass is 249 g/mol. The molecule has 0 atom stereocenters. The highest BCUT2D eigenvalue weighted by molar-refractivity contribution is 6.31. The van der Waals surface area contributed by atoms with Crippen LogP contribution in [0.1, 0.15) is 5.56 Å². The van der Waals surface area contributed by atoms with Gasteiger partial charge in [-0.15, -0.1) is 0 Å². The molecule has 0 aliphatic rings. The lowest BCUT2D eigenvalue weighted by Crippen LogP contribution is -1.97. The van der Waals surface area contributed by atoms with E-state index in [1.165, 1.54) is 6.33 Å². The highest BCUT2D eigenvalue weighted by atomic mass is 35.5. The van der Waals surface area contributed by atoms with Crippen LogP contribution in [0.5, 0.6) is 0 Å². The third-order valence-electron chi connectivity index (χ3n) is 2.25. The Hall–Kier alpha value is -2.01. The van der Waals surface area contributed by atoms with E-state index in [9.17, 15) is 10.1 Å². The number of halogens is 1. The SMILES string of the molecule is Cc1cccc(-c2ncnc(Cl)c2[N+](=O)[O-])c1. The quantitative estimate of drug-likeness (QED) is 0.466. The third-order valence-corrected chi connectivity index (χ3v) is 2.53. The number of benzene rings is 1. The molecular formula is C11H8ClN3O2. The lowest BCUT2D eigenvalue weighted by atomic mass is 10.1. The highest BCUT2D eigenvalue weighted by Crippen LogP contribution is 2.32. The Morgan fingerprint density at radius 3 is 2.76 bits per heavy atom. The van der Waals surface area contributed by atoms with Crippen molar-refractivity contribution in [1.29, 1.82) is 0 Å². The number of aryl methyl sites for hydroxylation is 1.